The molecule has 0 aliphatic carbocycles. The lowest BCUT2D eigenvalue weighted by molar-refractivity contribution is 0.0638. The Balaban J connectivity index is 3.07. The Morgan fingerprint density at radius 2 is 2.06 bits per heavy atom. The lowest BCUT2D eigenvalue weighted by Crippen LogP contribution is -2.46. The maximum Gasteiger partial charge on any atom is 0.256 e. The van der Waals surface area contributed by atoms with Crippen molar-refractivity contribution in [1.82, 2.24) is 4.98 Å². The van der Waals surface area contributed by atoms with Gasteiger partial charge in [0.1, 0.15) is 10.3 Å². The van der Waals surface area contributed by atoms with Gasteiger partial charge in [0.05, 0.1) is 5.54 Å². The first-order valence-electron chi connectivity index (χ1n) is 4.62. The summed E-state index contributed by atoms with van der Waals surface area (Å²) in [4.78, 5) is 3.81. The van der Waals surface area contributed by atoms with Crippen molar-refractivity contribution in [1.29, 1.82) is 0 Å². The molecule has 6 heteroatoms. The Morgan fingerprint density at radius 1 is 1.50 bits per heavy atom. The van der Waals surface area contributed by atoms with Crippen molar-refractivity contribution in [2.24, 2.45) is 5.73 Å². The topological polar surface area (TPSA) is 38.9 Å². The standard InChI is InChI=1S/C10H12Cl2F2N2/c1-5-3-7(11)16-8(12)6(5)4-10(2,15)9(13)14/h3,9H,4,15H2,1-2H3. The molecule has 0 fully saturated rings. The summed E-state index contributed by atoms with van der Waals surface area (Å²) in [6.07, 6.45) is -2.67. The van der Waals surface area contributed by atoms with Gasteiger partial charge in [-0.25, -0.2) is 13.8 Å². The van der Waals surface area contributed by atoms with Gasteiger partial charge in [-0.05, 0) is 37.5 Å². The van der Waals surface area contributed by atoms with Crippen molar-refractivity contribution < 1.29 is 8.78 Å². The number of aryl methyl sites for hydroxylation is 1. The average Bonchev–Trinajstić information content (AvgIpc) is 2.11. The smallest absolute Gasteiger partial charge is 0.256 e. The first kappa shape index (κ1) is 13.6. The summed E-state index contributed by atoms with van der Waals surface area (Å²) in [5, 5.41) is 0.365. The van der Waals surface area contributed by atoms with Gasteiger partial charge < -0.3 is 5.73 Å². The molecule has 0 amide bonds. The molecule has 0 aliphatic heterocycles. The maximum atomic E-state index is 12.6. The Kier molecular flexibility index (Phi) is 4.10. The monoisotopic (exact) mass is 268 g/mol. The van der Waals surface area contributed by atoms with E-state index in [1.54, 1.807) is 13.0 Å². The number of nitrogens with zero attached hydrogens (tertiary/aromatic N) is 1. The number of rotatable bonds is 3. The molecule has 0 bridgehead atoms. The molecule has 90 valence electrons. The first-order valence-corrected chi connectivity index (χ1v) is 5.38. The van der Waals surface area contributed by atoms with Gasteiger partial charge in [0.25, 0.3) is 6.43 Å². The second kappa shape index (κ2) is 4.82. The first-order chi connectivity index (χ1) is 7.24. The number of hydrogen-bond donors (Lipinski definition) is 1. The summed E-state index contributed by atoms with van der Waals surface area (Å²) in [5.74, 6) is 0. The predicted octanol–water partition coefficient (Wildman–Crippen LogP) is 3.22. The van der Waals surface area contributed by atoms with E-state index in [0.29, 0.717) is 11.1 Å². The van der Waals surface area contributed by atoms with Gasteiger partial charge in [-0.1, -0.05) is 23.2 Å². The van der Waals surface area contributed by atoms with Crippen LogP contribution in [0.25, 0.3) is 0 Å². The summed E-state index contributed by atoms with van der Waals surface area (Å²) < 4.78 is 25.3. The molecule has 0 saturated heterocycles. The highest BCUT2D eigenvalue weighted by molar-refractivity contribution is 6.33. The van der Waals surface area contributed by atoms with E-state index in [4.69, 9.17) is 28.9 Å². The second-order valence-corrected chi connectivity index (χ2v) is 4.76. The quantitative estimate of drug-likeness (QED) is 0.855. The highest BCUT2D eigenvalue weighted by Gasteiger charge is 2.32. The van der Waals surface area contributed by atoms with Crippen molar-refractivity contribution in [3.8, 4) is 0 Å². The third-order valence-electron chi connectivity index (χ3n) is 2.32. The van der Waals surface area contributed by atoms with Crippen molar-refractivity contribution in [2.45, 2.75) is 32.2 Å². The summed E-state index contributed by atoms with van der Waals surface area (Å²) >= 11 is 11.5. The lowest BCUT2D eigenvalue weighted by atomic mass is 9.93. The zero-order chi connectivity index (χ0) is 12.5. The Bertz CT molecular complexity index is 371. The minimum absolute atomic E-state index is 0.0422. The normalized spacial score (nSPS) is 15.2. The van der Waals surface area contributed by atoms with Gasteiger partial charge in [0, 0.05) is 0 Å². The van der Waals surface area contributed by atoms with E-state index in [2.05, 4.69) is 4.98 Å². The predicted molar refractivity (Wildman–Crippen MR) is 61.3 cm³/mol. The van der Waals surface area contributed by atoms with Crippen LogP contribution in [0.4, 0.5) is 8.78 Å². The lowest BCUT2D eigenvalue weighted by Gasteiger charge is -2.24. The van der Waals surface area contributed by atoms with E-state index >= 15 is 0 Å². The van der Waals surface area contributed by atoms with Crippen molar-refractivity contribution >= 4 is 23.2 Å². The number of hydrogen-bond acceptors (Lipinski definition) is 2. The van der Waals surface area contributed by atoms with E-state index in [0.717, 1.165) is 0 Å². The fourth-order valence-corrected chi connectivity index (χ4v) is 1.89. The molecule has 1 rings (SSSR count). The Labute approximate surface area is 103 Å². The second-order valence-electron chi connectivity index (χ2n) is 4.01. The molecule has 1 heterocycles. The molecule has 1 aromatic heterocycles. The fourth-order valence-electron chi connectivity index (χ4n) is 1.29. The molecule has 0 aliphatic rings. The van der Waals surface area contributed by atoms with Gasteiger partial charge in [-0.3, -0.25) is 0 Å². The van der Waals surface area contributed by atoms with E-state index in [1.807, 2.05) is 0 Å². The van der Waals surface area contributed by atoms with Crippen LogP contribution in [0.2, 0.25) is 10.3 Å². The summed E-state index contributed by atoms with van der Waals surface area (Å²) in [7, 11) is 0. The highest BCUT2D eigenvalue weighted by Crippen LogP contribution is 2.27. The largest absolute Gasteiger partial charge is 0.320 e. The van der Waals surface area contributed by atoms with E-state index in [9.17, 15) is 8.78 Å². The third-order valence-corrected chi connectivity index (χ3v) is 2.83. The number of alkyl halides is 2. The Morgan fingerprint density at radius 3 is 2.50 bits per heavy atom. The molecule has 2 nitrogen and oxygen atoms in total. The molecule has 0 spiro atoms. The highest BCUT2D eigenvalue weighted by atomic mass is 35.5. The van der Waals surface area contributed by atoms with Gasteiger partial charge in [0.15, 0.2) is 0 Å². The molecule has 1 aromatic rings. The zero-order valence-electron chi connectivity index (χ0n) is 8.90. The minimum Gasteiger partial charge on any atom is -0.320 e. The summed E-state index contributed by atoms with van der Waals surface area (Å²) in [6.45, 7) is 3.01. The van der Waals surface area contributed by atoms with E-state index in [1.165, 1.54) is 6.92 Å². The van der Waals surface area contributed by atoms with Crippen molar-refractivity contribution in [3.63, 3.8) is 0 Å². The van der Waals surface area contributed by atoms with Crippen LogP contribution in [0.5, 0.6) is 0 Å². The van der Waals surface area contributed by atoms with Crippen LogP contribution in [-0.2, 0) is 6.42 Å². The number of pyridine rings is 1. The van der Waals surface area contributed by atoms with Crippen molar-refractivity contribution in [2.75, 3.05) is 0 Å². The third kappa shape index (κ3) is 3.03. The van der Waals surface area contributed by atoms with Crippen LogP contribution in [0.15, 0.2) is 6.07 Å². The molecular formula is C10H12Cl2F2N2. The minimum atomic E-state index is -2.63. The molecule has 1 unspecified atom stereocenters. The number of nitrogens with two attached hydrogens (primary N) is 1. The van der Waals surface area contributed by atoms with E-state index < -0.39 is 12.0 Å². The van der Waals surface area contributed by atoms with Crippen LogP contribution >= 0.6 is 23.2 Å². The Hall–Kier alpha value is -0.450. The SMILES string of the molecule is Cc1cc(Cl)nc(Cl)c1CC(C)(N)C(F)F. The van der Waals surface area contributed by atoms with Crippen LogP contribution in [0, 0.1) is 6.92 Å². The number of halogens is 4. The fraction of sp³-hybridized carbons (Fsp3) is 0.500. The molecule has 0 aromatic carbocycles. The molecule has 16 heavy (non-hydrogen) atoms. The van der Waals surface area contributed by atoms with Gasteiger partial charge in [-0.15, -0.1) is 0 Å². The summed E-state index contributed by atoms with van der Waals surface area (Å²) in [6, 6.07) is 1.57. The number of aromatic nitrogens is 1. The van der Waals surface area contributed by atoms with Gasteiger partial charge >= 0.3 is 0 Å². The molecule has 1 atom stereocenters. The van der Waals surface area contributed by atoms with E-state index in [-0.39, 0.29) is 16.7 Å². The zero-order valence-corrected chi connectivity index (χ0v) is 10.4. The maximum absolute atomic E-state index is 12.6. The van der Waals surface area contributed by atoms with Crippen LogP contribution in [0.1, 0.15) is 18.1 Å². The van der Waals surface area contributed by atoms with Crippen LogP contribution < -0.4 is 5.73 Å². The molecule has 0 radical (unpaired) electrons. The summed E-state index contributed by atoms with van der Waals surface area (Å²) in [5.41, 5.74) is 5.10. The average molecular weight is 269 g/mol. The molecule has 2 N–H and O–H groups in total. The van der Waals surface area contributed by atoms with Gasteiger partial charge in [0.2, 0.25) is 0 Å². The van der Waals surface area contributed by atoms with Crippen molar-refractivity contribution in [3.05, 3.63) is 27.5 Å². The molecule has 0 saturated carbocycles. The van der Waals surface area contributed by atoms with Gasteiger partial charge in [-0.2, -0.15) is 0 Å². The molecular weight excluding hydrogens is 257 g/mol. The van der Waals surface area contributed by atoms with Crippen LogP contribution in [-0.4, -0.2) is 16.9 Å². The van der Waals surface area contributed by atoms with Crippen LogP contribution in [0.3, 0.4) is 0 Å².